The van der Waals surface area contributed by atoms with Crippen LogP contribution in [-0.2, 0) is 37.6 Å². The molecule has 6 aromatic carbocycles. The van der Waals surface area contributed by atoms with Crippen molar-refractivity contribution < 1.29 is 162 Å². The predicted molar refractivity (Wildman–Crippen MR) is 208 cm³/mol. The van der Waals surface area contributed by atoms with Gasteiger partial charge in [-0.1, -0.05) is 47.3 Å². The third-order valence-electron chi connectivity index (χ3n) is 8.55. The molecule has 7 aromatic rings. The third-order valence-corrected chi connectivity index (χ3v) is 10.3. The molecular weight excluding hydrogens is 954 g/mol. The van der Waals surface area contributed by atoms with E-state index in [1.54, 1.807) is 18.2 Å². The van der Waals surface area contributed by atoms with Crippen molar-refractivity contribution in [1.82, 2.24) is 9.78 Å². The summed E-state index contributed by atoms with van der Waals surface area (Å²) in [5.41, 5.74) is -1.20. The second kappa shape index (κ2) is 22.7. The molecule has 7 rings (SSSR count). The molecule has 0 amide bonds. The standard InChI is InChI=1S/C20H13N3O7S.C16H13N5O7S.Cr.3Na/c24-16-8-5-11-3-1-2-4-13(11)19(16)21-22-20-14-7-6-12(23(26)27)9-15(14)18(10-17(20)25)31(28,29)30;1-9-15(18-17-13-8-11(21(24)25)4-7-14(13)22)16(23)20(19-9)10-2-5-12(6-3-10)29(26,27)28;;;;/h1-10,24-25H,(H,28,29,30);2-8,19,22H,1H3,(H,26,27,28);;;;/q;;;3*+1. The number of aromatic nitrogens is 2. The molecule has 28 heteroatoms. The van der Waals surface area contributed by atoms with E-state index < -0.39 is 57.7 Å². The summed E-state index contributed by atoms with van der Waals surface area (Å²) in [7, 11) is -9.17. The zero-order chi connectivity index (χ0) is 43.7. The van der Waals surface area contributed by atoms with E-state index in [9.17, 15) is 61.7 Å². The largest absolute Gasteiger partial charge is 1.00 e. The van der Waals surface area contributed by atoms with Gasteiger partial charge >= 0.3 is 88.7 Å². The predicted octanol–water partition coefficient (Wildman–Crippen LogP) is -3.82. The van der Waals surface area contributed by atoms with Gasteiger partial charge in [-0.3, -0.25) is 39.2 Å². The molecule has 0 spiro atoms. The molecule has 0 saturated heterocycles. The van der Waals surface area contributed by atoms with Gasteiger partial charge < -0.3 is 15.3 Å². The van der Waals surface area contributed by atoms with Crippen molar-refractivity contribution in [2.75, 3.05) is 0 Å². The van der Waals surface area contributed by atoms with Gasteiger partial charge in [0, 0.05) is 63.6 Å². The van der Waals surface area contributed by atoms with E-state index in [1.165, 1.54) is 31.2 Å². The maximum Gasteiger partial charge on any atom is 1.00 e. The quantitative estimate of drug-likeness (QED) is 0.0202. The van der Waals surface area contributed by atoms with Crippen LogP contribution < -0.4 is 104 Å². The number of hydrogen-bond donors (Lipinski definition) is 6. The van der Waals surface area contributed by atoms with Gasteiger partial charge in [0.25, 0.3) is 42.9 Å². The maximum atomic E-state index is 12.6. The molecule has 0 fully saturated rings. The van der Waals surface area contributed by atoms with Crippen LogP contribution in [0.1, 0.15) is 5.69 Å². The van der Waals surface area contributed by atoms with Crippen molar-refractivity contribution in [3.05, 3.63) is 139 Å². The van der Waals surface area contributed by atoms with E-state index in [-0.39, 0.29) is 167 Å². The van der Waals surface area contributed by atoms with E-state index in [1.807, 2.05) is 12.1 Å². The Morgan fingerprint density at radius 2 is 1.31 bits per heavy atom. The Morgan fingerprint density at radius 3 is 1.92 bits per heavy atom. The monoisotopic (exact) mass is 979 g/mol. The maximum absolute atomic E-state index is 12.6. The number of nitrogens with zero attached hydrogens (tertiary/aromatic N) is 6. The number of nitro benzene ring substituents is 2. The molecule has 0 aliphatic rings. The summed E-state index contributed by atoms with van der Waals surface area (Å²) in [6, 6.07) is 22.1. The molecule has 0 bridgehead atoms. The van der Waals surface area contributed by atoms with Gasteiger partial charge in [0.2, 0.25) is 0 Å². The van der Waals surface area contributed by atoms with Crippen molar-refractivity contribution in [2.45, 2.75) is 16.7 Å². The average molecular weight is 980 g/mol. The van der Waals surface area contributed by atoms with Crippen molar-refractivity contribution in [3.63, 3.8) is 0 Å². The van der Waals surface area contributed by atoms with Gasteiger partial charge in [0.1, 0.15) is 10.6 Å². The minimum Gasteiger partial charge on any atom is -0.871 e. The number of azo groups is 2. The Hall–Kier alpha value is -4.40. The van der Waals surface area contributed by atoms with Crippen molar-refractivity contribution in [1.29, 1.82) is 0 Å². The number of hydrogen-bond acceptors (Lipinski definition) is 15. The van der Waals surface area contributed by atoms with Crippen LogP contribution in [0.3, 0.4) is 0 Å². The summed E-state index contributed by atoms with van der Waals surface area (Å²) in [5.74, 6) is -1.31. The number of rotatable bonds is 9. The number of aromatic amines is 1. The summed E-state index contributed by atoms with van der Waals surface area (Å²) >= 11 is 0. The first-order valence-electron chi connectivity index (χ1n) is 16.6. The van der Waals surface area contributed by atoms with Gasteiger partial charge in [-0.2, -0.15) is 21.9 Å². The van der Waals surface area contributed by atoms with Gasteiger partial charge in [-0.25, -0.2) is 4.68 Å². The zero-order valence-corrected chi connectivity index (χ0v) is 42.5. The molecule has 1 aromatic heterocycles. The van der Waals surface area contributed by atoms with Gasteiger partial charge in [-0.05, 0) is 48.7 Å². The number of aryl methyl sites for hydroxylation is 1. The first-order chi connectivity index (χ1) is 28.2. The van der Waals surface area contributed by atoms with Crippen molar-refractivity contribution >= 4 is 75.9 Å². The summed E-state index contributed by atoms with van der Waals surface area (Å²) < 4.78 is 65.3. The van der Waals surface area contributed by atoms with Crippen LogP contribution in [-0.4, -0.2) is 55.8 Å². The van der Waals surface area contributed by atoms with Crippen LogP contribution in [0, 0.1) is 27.2 Å². The van der Waals surface area contributed by atoms with Crippen LogP contribution in [0.5, 0.6) is 17.2 Å². The molecule has 0 atom stereocenters. The molecular formula is C36H26CrN8Na3O14S2+3. The number of phenols is 2. The second-order valence-electron chi connectivity index (χ2n) is 12.4. The van der Waals surface area contributed by atoms with Gasteiger partial charge in [0.15, 0.2) is 17.1 Å². The molecule has 0 aliphatic carbocycles. The Labute approximate surface area is 437 Å². The first kappa shape index (κ1) is 55.7. The Balaban J connectivity index is 0.000000415. The number of benzene rings is 6. The van der Waals surface area contributed by atoms with Crippen molar-refractivity contribution in [2.24, 2.45) is 15.3 Å². The molecule has 1 heterocycles. The van der Waals surface area contributed by atoms with Crippen LogP contribution in [0.4, 0.5) is 34.1 Å². The minimum atomic E-state index is -4.79. The molecule has 0 saturated carbocycles. The molecule has 6 N–H and O–H groups in total. The van der Waals surface area contributed by atoms with Crippen LogP contribution in [0.25, 0.3) is 27.2 Å². The minimum absolute atomic E-state index is 0. The Bertz CT molecular complexity index is 3260. The molecule has 0 unspecified atom stereocenters. The fourth-order valence-corrected chi connectivity index (χ4v) is 6.88. The number of aromatic hydroxyl groups is 2. The Kier molecular flexibility index (Phi) is 19.7. The van der Waals surface area contributed by atoms with E-state index >= 15 is 0 Å². The summed E-state index contributed by atoms with van der Waals surface area (Å²) in [6.07, 6.45) is 0. The zero-order valence-electron chi connectivity index (χ0n) is 33.6. The number of nitrogens with one attached hydrogen (secondary N) is 2. The Morgan fingerprint density at radius 1 is 0.703 bits per heavy atom. The van der Waals surface area contributed by atoms with E-state index in [2.05, 4.69) is 25.6 Å². The van der Waals surface area contributed by atoms with Crippen molar-refractivity contribution in [3.8, 4) is 22.9 Å². The first-order valence-corrected chi connectivity index (χ1v) is 19.5. The summed E-state index contributed by atoms with van der Waals surface area (Å²) in [4.78, 5) is 32.1. The van der Waals surface area contributed by atoms with Crippen LogP contribution in [0.2, 0.25) is 0 Å². The van der Waals surface area contributed by atoms with E-state index in [0.717, 1.165) is 58.6 Å². The fraction of sp³-hybridized carbons (Fsp3) is 0.0278. The van der Waals surface area contributed by atoms with E-state index in [4.69, 9.17) is 4.55 Å². The molecule has 22 nitrogen and oxygen atoms in total. The topological polar surface area (TPSA) is 347 Å². The number of phenolic OH excluding ortho intramolecular Hbond substituents is 2. The fourth-order valence-electron chi connectivity index (χ4n) is 5.69. The van der Waals surface area contributed by atoms with Gasteiger partial charge in [0.05, 0.1) is 37.2 Å². The molecule has 0 radical (unpaired) electrons. The average Bonchev–Trinajstić information content (AvgIpc) is 3.48. The van der Waals surface area contributed by atoms with Crippen LogP contribution in [0.15, 0.2) is 133 Å². The number of nitro groups is 2. The normalized spacial score (nSPS) is 11.2. The van der Waals surface area contributed by atoms with Crippen LogP contribution >= 0.6 is 0 Å². The smallest absolute Gasteiger partial charge is 0.871 e. The summed E-state index contributed by atoms with van der Waals surface area (Å²) in [5, 5.41) is 72.5. The number of non-ortho nitro benzene ring substituents is 2. The number of H-pyrrole nitrogens is 1. The third kappa shape index (κ3) is 12.5. The summed E-state index contributed by atoms with van der Waals surface area (Å²) in [6.45, 7) is 1.52. The second-order valence-corrected chi connectivity index (χ2v) is 15.2. The SMILES string of the molecule is Cc1[nH]n(-c2ccc(S(=O)(=O)O)cc2)c(=O)c1N=Nc1cc([N+](=O)[O-])ccc1[O-].O=[N+]([O-])c1ccc2c([NH+]=Nc3c(O)ccc4ccccc34)c(O)cc(S(=O)(=O)O)c2c1.[Cr].[Na+].[Na+].[Na+]. The number of fused-ring (bicyclic) bond motifs is 2. The molecule has 312 valence electrons. The van der Waals surface area contributed by atoms with E-state index in [0.29, 0.717) is 5.39 Å². The molecule has 64 heavy (non-hydrogen) atoms. The van der Waals surface area contributed by atoms with Gasteiger partial charge in [-0.15, -0.1) is 5.11 Å². The molecule has 0 aliphatic heterocycles.